The first-order chi connectivity index (χ1) is 7.74. The monoisotopic (exact) mass is 228 g/mol. The summed E-state index contributed by atoms with van der Waals surface area (Å²) in [5, 5.41) is 0. The summed E-state index contributed by atoms with van der Waals surface area (Å²) in [7, 11) is 0. The number of unbranched alkanes of at least 4 members (excludes halogenated alkanes) is 2. The van der Waals surface area contributed by atoms with E-state index in [2.05, 4.69) is 20.4 Å². The number of carbonyl (C=O) groups excluding carboxylic acids is 1. The first-order valence-electron chi connectivity index (χ1n) is 6.15. The lowest BCUT2D eigenvalue weighted by Crippen LogP contribution is -2.16. The van der Waals surface area contributed by atoms with E-state index in [1.165, 1.54) is 25.3 Å². The molecular weight excluding hydrogens is 204 g/mol. The highest BCUT2D eigenvalue weighted by molar-refractivity contribution is 5.81. The zero-order valence-electron chi connectivity index (χ0n) is 10.5. The quantitative estimate of drug-likeness (QED) is 0.327. The van der Waals surface area contributed by atoms with Crippen LogP contribution in [-0.2, 0) is 14.3 Å². The normalized spacial score (nSPS) is 12.1. The van der Waals surface area contributed by atoms with Crippen molar-refractivity contribution in [3.8, 4) is 0 Å². The molecule has 0 bridgehead atoms. The minimum atomic E-state index is -0.386. The van der Waals surface area contributed by atoms with Crippen LogP contribution in [0.25, 0.3) is 0 Å². The van der Waals surface area contributed by atoms with Gasteiger partial charge in [0.1, 0.15) is 6.61 Å². The van der Waals surface area contributed by atoms with E-state index in [1.807, 2.05) is 0 Å². The molecule has 0 fully saturated rings. The van der Waals surface area contributed by atoms with Gasteiger partial charge in [0.25, 0.3) is 0 Å². The van der Waals surface area contributed by atoms with Crippen molar-refractivity contribution in [1.82, 2.24) is 0 Å². The molecule has 3 heteroatoms. The van der Waals surface area contributed by atoms with E-state index in [-0.39, 0.29) is 5.97 Å². The third kappa shape index (κ3) is 8.48. The molecule has 3 nitrogen and oxygen atoms in total. The van der Waals surface area contributed by atoms with Gasteiger partial charge in [0, 0.05) is 6.08 Å². The summed E-state index contributed by atoms with van der Waals surface area (Å²) in [6.45, 7) is 8.42. The maximum absolute atomic E-state index is 10.7. The fourth-order valence-corrected chi connectivity index (χ4v) is 1.44. The Balaban J connectivity index is 3.47. The van der Waals surface area contributed by atoms with Crippen molar-refractivity contribution in [2.24, 2.45) is 0 Å². The van der Waals surface area contributed by atoms with Crippen LogP contribution in [0.15, 0.2) is 12.7 Å². The van der Waals surface area contributed by atoms with Crippen LogP contribution in [0.2, 0.25) is 0 Å². The molecule has 0 aliphatic carbocycles. The predicted octanol–water partition coefficient (Wildman–Crippen LogP) is 3.09. The number of carbonyl (C=O) groups is 1. The average Bonchev–Trinajstić information content (AvgIpc) is 2.31. The van der Waals surface area contributed by atoms with Gasteiger partial charge in [-0.1, -0.05) is 39.7 Å². The molecule has 0 radical (unpaired) electrons. The second-order valence-electron chi connectivity index (χ2n) is 3.77. The highest BCUT2D eigenvalue weighted by Gasteiger charge is 2.06. The zero-order chi connectivity index (χ0) is 12.2. The summed E-state index contributed by atoms with van der Waals surface area (Å²) in [5.74, 6) is -0.386. The first kappa shape index (κ1) is 15.2. The van der Waals surface area contributed by atoms with Crippen LogP contribution in [0.4, 0.5) is 0 Å². The maximum atomic E-state index is 10.7. The lowest BCUT2D eigenvalue weighted by atomic mass is 10.1. The van der Waals surface area contributed by atoms with Gasteiger partial charge in [0.05, 0.1) is 12.7 Å². The van der Waals surface area contributed by atoms with Crippen LogP contribution >= 0.6 is 0 Å². The van der Waals surface area contributed by atoms with Gasteiger partial charge in [-0.15, -0.1) is 0 Å². The number of ether oxygens (including phenoxy) is 2. The lowest BCUT2D eigenvalue weighted by molar-refractivity contribution is -0.140. The van der Waals surface area contributed by atoms with E-state index in [0.717, 1.165) is 12.8 Å². The van der Waals surface area contributed by atoms with Gasteiger partial charge in [-0.05, 0) is 12.8 Å². The summed E-state index contributed by atoms with van der Waals surface area (Å²) >= 11 is 0. The van der Waals surface area contributed by atoms with Crippen molar-refractivity contribution in [3.05, 3.63) is 12.7 Å². The van der Waals surface area contributed by atoms with Gasteiger partial charge in [-0.25, -0.2) is 4.79 Å². The molecule has 0 saturated heterocycles. The van der Waals surface area contributed by atoms with Gasteiger partial charge in [-0.2, -0.15) is 0 Å². The molecule has 1 unspecified atom stereocenters. The zero-order valence-corrected chi connectivity index (χ0v) is 10.5. The molecule has 0 aromatic rings. The first-order valence-corrected chi connectivity index (χ1v) is 6.15. The van der Waals surface area contributed by atoms with Crippen molar-refractivity contribution >= 4 is 5.97 Å². The van der Waals surface area contributed by atoms with E-state index in [4.69, 9.17) is 9.47 Å². The largest absolute Gasteiger partial charge is 0.460 e. The minimum absolute atomic E-state index is 0.300. The van der Waals surface area contributed by atoms with Crippen LogP contribution in [0.3, 0.4) is 0 Å². The van der Waals surface area contributed by atoms with E-state index in [0.29, 0.717) is 19.3 Å². The van der Waals surface area contributed by atoms with E-state index >= 15 is 0 Å². The van der Waals surface area contributed by atoms with Crippen molar-refractivity contribution < 1.29 is 14.3 Å². The van der Waals surface area contributed by atoms with Crippen molar-refractivity contribution in [2.45, 2.75) is 52.1 Å². The van der Waals surface area contributed by atoms with Crippen LogP contribution in [0, 0.1) is 0 Å². The van der Waals surface area contributed by atoms with Gasteiger partial charge in [0.15, 0.2) is 0 Å². The summed E-state index contributed by atoms with van der Waals surface area (Å²) in [6, 6.07) is 0. The van der Waals surface area contributed by atoms with Gasteiger partial charge in [0.2, 0.25) is 0 Å². The molecule has 0 aliphatic rings. The molecule has 0 spiro atoms. The second-order valence-corrected chi connectivity index (χ2v) is 3.77. The van der Waals surface area contributed by atoms with E-state index < -0.39 is 0 Å². The minimum Gasteiger partial charge on any atom is -0.460 e. The van der Waals surface area contributed by atoms with Gasteiger partial charge < -0.3 is 9.47 Å². The fraction of sp³-hybridized carbons (Fsp3) is 0.769. The number of hydrogen-bond donors (Lipinski definition) is 0. The molecule has 0 saturated carbocycles. The second kappa shape index (κ2) is 10.7. The van der Waals surface area contributed by atoms with Gasteiger partial charge in [-0.3, -0.25) is 0 Å². The summed E-state index contributed by atoms with van der Waals surface area (Å²) in [5.41, 5.74) is 0. The molecule has 0 N–H and O–H groups in total. The maximum Gasteiger partial charge on any atom is 0.330 e. The Kier molecular flexibility index (Phi) is 10.1. The summed E-state index contributed by atoms with van der Waals surface area (Å²) in [6.07, 6.45) is 7.27. The van der Waals surface area contributed by atoms with Crippen LogP contribution in [0.1, 0.15) is 46.0 Å². The Hall–Kier alpha value is -0.830. The molecule has 0 aliphatic heterocycles. The number of rotatable bonds is 10. The van der Waals surface area contributed by atoms with Gasteiger partial charge >= 0.3 is 5.97 Å². The topological polar surface area (TPSA) is 35.5 Å². The highest BCUT2D eigenvalue weighted by Crippen LogP contribution is 2.09. The molecule has 1 atom stereocenters. The Morgan fingerprint density at radius 2 is 2.06 bits per heavy atom. The molecule has 0 aromatic heterocycles. The van der Waals surface area contributed by atoms with E-state index in [1.54, 1.807) is 0 Å². The molecule has 16 heavy (non-hydrogen) atoms. The molecule has 0 rings (SSSR count). The smallest absolute Gasteiger partial charge is 0.330 e. The Bertz CT molecular complexity index is 190. The molecular formula is C13H24O3. The third-order valence-electron chi connectivity index (χ3n) is 2.43. The average molecular weight is 228 g/mol. The number of hydrogen-bond acceptors (Lipinski definition) is 3. The highest BCUT2D eigenvalue weighted by atomic mass is 16.6. The summed E-state index contributed by atoms with van der Waals surface area (Å²) in [4.78, 5) is 10.7. The molecule has 0 amide bonds. The third-order valence-corrected chi connectivity index (χ3v) is 2.43. The van der Waals surface area contributed by atoms with Crippen LogP contribution < -0.4 is 0 Å². The SMILES string of the molecule is C=CC(=O)OCCOC(CC)CCCCC. The summed E-state index contributed by atoms with van der Waals surface area (Å²) < 4.78 is 10.5. The molecule has 0 aromatic carbocycles. The van der Waals surface area contributed by atoms with E-state index in [9.17, 15) is 4.79 Å². The van der Waals surface area contributed by atoms with Crippen LogP contribution in [-0.4, -0.2) is 25.3 Å². The van der Waals surface area contributed by atoms with Crippen molar-refractivity contribution in [1.29, 1.82) is 0 Å². The molecule has 94 valence electrons. The lowest BCUT2D eigenvalue weighted by Gasteiger charge is -2.15. The Labute approximate surface area is 98.8 Å². The standard InChI is InChI=1S/C13H24O3/c1-4-7-8-9-12(5-2)15-10-11-16-13(14)6-3/h6,12H,3-5,7-11H2,1-2H3. The Morgan fingerprint density at radius 3 is 2.62 bits per heavy atom. The Morgan fingerprint density at radius 1 is 1.31 bits per heavy atom. The fourth-order valence-electron chi connectivity index (χ4n) is 1.44. The number of esters is 1. The van der Waals surface area contributed by atoms with Crippen molar-refractivity contribution in [3.63, 3.8) is 0 Å². The molecule has 0 heterocycles. The predicted molar refractivity (Wildman–Crippen MR) is 65.3 cm³/mol. The van der Waals surface area contributed by atoms with Crippen LogP contribution in [0.5, 0.6) is 0 Å². The van der Waals surface area contributed by atoms with Crippen molar-refractivity contribution in [2.75, 3.05) is 13.2 Å².